The van der Waals surface area contributed by atoms with E-state index in [1.54, 1.807) is 0 Å². The van der Waals surface area contributed by atoms with Crippen molar-refractivity contribution in [1.82, 2.24) is 0 Å². The van der Waals surface area contributed by atoms with Gasteiger partial charge in [0.2, 0.25) is 0 Å². The Bertz CT molecular complexity index is 1090. The quantitative estimate of drug-likeness (QED) is 0.349. The van der Waals surface area contributed by atoms with E-state index in [-0.39, 0.29) is 0 Å². The van der Waals surface area contributed by atoms with E-state index in [4.69, 9.17) is 0 Å². The van der Waals surface area contributed by atoms with Crippen LogP contribution in [0, 0.1) is 13.8 Å². The molecule has 0 heterocycles. The molecule has 0 aromatic heterocycles. The normalized spacial score (nSPS) is 12.4. The van der Waals surface area contributed by atoms with Gasteiger partial charge in [-0.3, -0.25) is 0 Å². The van der Waals surface area contributed by atoms with Gasteiger partial charge in [0.05, 0.1) is 0 Å². The molecule has 4 aromatic rings. The zero-order valence-corrected chi connectivity index (χ0v) is 16.5. The number of aryl methyl sites for hydroxylation is 4. The Kier molecular flexibility index (Phi) is 4.13. The van der Waals surface area contributed by atoms with Crippen LogP contribution in [-0.2, 0) is 12.8 Å². The molecule has 4 aromatic carbocycles. The lowest BCUT2D eigenvalue weighted by molar-refractivity contribution is 0.942. The van der Waals surface area contributed by atoms with E-state index < -0.39 is 0 Å². The molecule has 0 saturated carbocycles. The van der Waals surface area contributed by atoms with Crippen LogP contribution in [0.2, 0.25) is 0 Å². The van der Waals surface area contributed by atoms with Crippen LogP contribution >= 0.6 is 0 Å². The minimum Gasteiger partial charge on any atom is -0.0620 e. The molecule has 0 N–H and O–H groups in total. The first-order chi connectivity index (χ1) is 13.7. The van der Waals surface area contributed by atoms with Crippen molar-refractivity contribution in [1.29, 1.82) is 0 Å². The van der Waals surface area contributed by atoms with Gasteiger partial charge >= 0.3 is 0 Å². The van der Waals surface area contributed by atoms with Crippen LogP contribution in [0.4, 0.5) is 0 Å². The molecule has 28 heavy (non-hydrogen) atoms. The highest BCUT2D eigenvalue weighted by atomic mass is 14.2. The third-order valence-electron chi connectivity index (χ3n) is 6.08. The second-order valence-electron chi connectivity index (χ2n) is 7.87. The molecule has 0 radical (unpaired) electrons. The highest BCUT2D eigenvalue weighted by Gasteiger charge is 2.18. The van der Waals surface area contributed by atoms with E-state index in [1.165, 1.54) is 55.6 Å². The number of rotatable bonds is 2. The van der Waals surface area contributed by atoms with Crippen LogP contribution in [0.3, 0.4) is 0 Å². The monoisotopic (exact) mass is 360 g/mol. The largest absolute Gasteiger partial charge is 0.0620 e. The predicted molar refractivity (Wildman–Crippen MR) is 120 cm³/mol. The zero-order valence-electron chi connectivity index (χ0n) is 16.5. The van der Waals surface area contributed by atoms with Gasteiger partial charge in [0.1, 0.15) is 0 Å². The Hall–Kier alpha value is -3.12. The van der Waals surface area contributed by atoms with Crippen LogP contribution in [0.25, 0.3) is 33.4 Å². The van der Waals surface area contributed by atoms with Gasteiger partial charge in [-0.2, -0.15) is 0 Å². The Balaban J connectivity index is 1.57. The maximum absolute atomic E-state index is 2.40. The molecule has 136 valence electrons. The van der Waals surface area contributed by atoms with E-state index in [2.05, 4.69) is 98.8 Å². The summed E-state index contributed by atoms with van der Waals surface area (Å²) in [6.07, 6.45) is 2.22. The molecule has 0 aliphatic heterocycles. The summed E-state index contributed by atoms with van der Waals surface area (Å²) in [4.78, 5) is 0. The Labute approximate surface area is 167 Å². The van der Waals surface area contributed by atoms with Crippen molar-refractivity contribution in [3.8, 4) is 33.4 Å². The molecular formula is C28H24. The summed E-state index contributed by atoms with van der Waals surface area (Å²) < 4.78 is 0. The third kappa shape index (κ3) is 2.86. The fourth-order valence-corrected chi connectivity index (χ4v) is 4.52. The first kappa shape index (κ1) is 17.0. The molecule has 0 bridgehead atoms. The van der Waals surface area contributed by atoms with Crippen LogP contribution < -0.4 is 0 Å². The minimum absolute atomic E-state index is 1.11. The molecule has 0 amide bonds. The molecule has 5 rings (SSSR count). The van der Waals surface area contributed by atoms with Crippen LogP contribution in [0.1, 0.15) is 22.3 Å². The van der Waals surface area contributed by atoms with Crippen LogP contribution in [0.15, 0.2) is 84.9 Å². The average Bonchev–Trinajstić information content (AvgIpc) is 2.73. The lowest BCUT2D eigenvalue weighted by Crippen LogP contribution is -2.04. The van der Waals surface area contributed by atoms with E-state index in [0.29, 0.717) is 0 Å². The van der Waals surface area contributed by atoms with Crippen molar-refractivity contribution in [2.75, 3.05) is 0 Å². The SMILES string of the molecule is Cc1ccccc1-c1ccc2c(c1)CCc1cc(-c3ccccc3C)ccc1-2. The summed E-state index contributed by atoms with van der Waals surface area (Å²) in [6, 6.07) is 31.3. The average molecular weight is 361 g/mol. The van der Waals surface area contributed by atoms with Gasteiger partial charge in [0.25, 0.3) is 0 Å². The number of hydrogen-bond donors (Lipinski definition) is 0. The summed E-state index contributed by atoms with van der Waals surface area (Å²) in [7, 11) is 0. The molecular weight excluding hydrogens is 336 g/mol. The Morgan fingerprint density at radius 3 is 1.32 bits per heavy atom. The van der Waals surface area contributed by atoms with Gasteiger partial charge in [0.15, 0.2) is 0 Å². The Morgan fingerprint density at radius 1 is 0.464 bits per heavy atom. The van der Waals surface area contributed by atoms with E-state index >= 15 is 0 Å². The lowest BCUT2D eigenvalue weighted by Gasteiger charge is -2.22. The maximum Gasteiger partial charge on any atom is -0.0149 e. The molecule has 0 fully saturated rings. The molecule has 1 aliphatic carbocycles. The summed E-state index contributed by atoms with van der Waals surface area (Å²) in [5, 5.41) is 0. The second-order valence-corrected chi connectivity index (χ2v) is 7.87. The highest BCUT2D eigenvalue weighted by molar-refractivity contribution is 5.80. The molecule has 0 saturated heterocycles. The lowest BCUT2D eigenvalue weighted by atomic mass is 9.82. The van der Waals surface area contributed by atoms with Crippen LogP contribution in [-0.4, -0.2) is 0 Å². The van der Waals surface area contributed by atoms with Gasteiger partial charge in [-0.15, -0.1) is 0 Å². The van der Waals surface area contributed by atoms with Gasteiger partial charge in [-0.05, 0) is 82.3 Å². The van der Waals surface area contributed by atoms with Crippen molar-refractivity contribution in [3.63, 3.8) is 0 Å². The molecule has 0 heteroatoms. The summed E-state index contributed by atoms with van der Waals surface area (Å²) >= 11 is 0. The Morgan fingerprint density at radius 2 is 0.893 bits per heavy atom. The highest BCUT2D eigenvalue weighted by Crippen LogP contribution is 2.38. The van der Waals surface area contributed by atoms with Crippen molar-refractivity contribution < 1.29 is 0 Å². The third-order valence-corrected chi connectivity index (χ3v) is 6.08. The first-order valence-electron chi connectivity index (χ1n) is 10.1. The van der Waals surface area contributed by atoms with Crippen molar-refractivity contribution in [2.24, 2.45) is 0 Å². The molecule has 1 aliphatic rings. The summed E-state index contributed by atoms with van der Waals surface area (Å²) in [5.74, 6) is 0. The molecule has 0 atom stereocenters. The molecule has 0 nitrogen and oxygen atoms in total. The van der Waals surface area contributed by atoms with Gasteiger partial charge in [-0.25, -0.2) is 0 Å². The van der Waals surface area contributed by atoms with E-state index in [1.807, 2.05) is 0 Å². The van der Waals surface area contributed by atoms with Crippen molar-refractivity contribution in [3.05, 3.63) is 107 Å². The van der Waals surface area contributed by atoms with Crippen LogP contribution in [0.5, 0.6) is 0 Å². The maximum atomic E-state index is 2.40. The first-order valence-corrected chi connectivity index (χ1v) is 10.1. The molecule has 0 spiro atoms. The fourth-order valence-electron chi connectivity index (χ4n) is 4.52. The topological polar surface area (TPSA) is 0 Å². The van der Waals surface area contributed by atoms with Crippen molar-refractivity contribution >= 4 is 0 Å². The smallest absolute Gasteiger partial charge is 0.0149 e. The predicted octanol–water partition coefficient (Wildman–Crippen LogP) is 7.40. The zero-order chi connectivity index (χ0) is 19.1. The fraction of sp³-hybridized carbons (Fsp3) is 0.143. The number of fused-ring (bicyclic) bond motifs is 3. The van der Waals surface area contributed by atoms with E-state index in [0.717, 1.165) is 12.8 Å². The number of benzene rings is 4. The van der Waals surface area contributed by atoms with Gasteiger partial charge in [0, 0.05) is 0 Å². The minimum atomic E-state index is 1.11. The number of hydrogen-bond acceptors (Lipinski definition) is 0. The van der Waals surface area contributed by atoms with E-state index in [9.17, 15) is 0 Å². The van der Waals surface area contributed by atoms with Gasteiger partial charge < -0.3 is 0 Å². The van der Waals surface area contributed by atoms with Gasteiger partial charge in [-0.1, -0.05) is 84.9 Å². The second kappa shape index (κ2) is 6.80. The molecule has 0 unspecified atom stereocenters. The standard InChI is InChI=1S/C28H24/c1-19-7-3-5-9-25(19)21-13-15-27-23(17-21)11-12-24-18-22(14-16-28(24)27)26-10-6-4-8-20(26)2/h3-10,13-18H,11-12H2,1-2H3. The summed E-state index contributed by atoms with van der Waals surface area (Å²) in [5.41, 5.74) is 13.7. The van der Waals surface area contributed by atoms with Crippen molar-refractivity contribution in [2.45, 2.75) is 26.7 Å². The summed E-state index contributed by atoms with van der Waals surface area (Å²) in [6.45, 7) is 4.38.